The van der Waals surface area contributed by atoms with Gasteiger partial charge in [-0.15, -0.1) is 0 Å². The van der Waals surface area contributed by atoms with E-state index in [0.717, 1.165) is 24.3 Å². The summed E-state index contributed by atoms with van der Waals surface area (Å²) in [6, 6.07) is 7.81. The van der Waals surface area contributed by atoms with Gasteiger partial charge in [0.15, 0.2) is 0 Å². The quantitative estimate of drug-likeness (QED) is 0.786. The van der Waals surface area contributed by atoms with E-state index in [4.69, 9.17) is 4.74 Å². The molecule has 17 heavy (non-hydrogen) atoms. The van der Waals surface area contributed by atoms with Crippen molar-refractivity contribution in [3.8, 4) is 5.75 Å². The van der Waals surface area contributed by atoms with E-state index >= 15 is 0 Å². The number of ether oxygens (including phenoxy) is 1. The van der Waals surface area contributed by atoms with Gasteiger partial charge in [-0.3, -0.25) is 4.79 Å². The first kappa shape index (κ1) is 14.0. The summed E-state index contributed by atoms with van der Waals surface area (Å²) in [6.45, 7) is 3.35. The van der Waals surface area contributed by atoms with Gasteiger partial charge in [0.1, 0.15) is 5.75 Å². The SMILES string of the molecule is CCCOc1cccc(CNC(=O)CCBr)c1. The molecule has 0 heterocycles. The van der Waals surface area contributed by atoms with Gasteiger partial charge < -0.3 is 10.1 Å². The Balaban J connectivity index is 2.45. The van der Waals surface area contributed by atoms with Gasteiger partial charge in [-0.25, -0.2) is 0 Å². The van der Waals surface area contributed by atoms with E-state index in [1.165, 1.54) is 0 Å². The summed E-state index contributed by atoms with van der Waals surface area (Å²) in [6.07, 6.45) is 1.50. The summed E-state index contributed by atoms with van der Waals surface area (Å²) in [5.74, 6) is 0.917. The van der Waals surface area contributed by atoms with Crippen LogP contribution in [0.15, 0.2) is 24.3 Å². The second-order valence-electron chi connectivity index (χ2n) is 3.71. The molecule has 0 unspecified atom stereocenters. The molecule has 0 saturated heterocycles. The molecule has 0 fully saturated rings. The highest BCUT2D eigenvalue weighted by atomic mass is 79.9. The summed E-state index contributed by atoms with van der Waals surface area (Å²) >= 11 is 3.24. The first-order chi connectivity index (χ1) is 8.26. The topological polar surface area (TPSA) is 38.3 Å². The monoisotopic (exact) mass is 299 g/mol. The van der Waals surface area contributed by atoms with E-state index in [2.05, 4.69) is 28.2 Å². The van der Waals surface area contributed by atoms with E-state index in [-0.39, 0.29) is 5.91 Å². The third kappa shape index (κ3) is 5.73. The first-order valence-electron chi connectivity index (χ1n) is 5.80. The molecule has 1 aromatic rings. The minimum Gasteiger partial charge on any atom is -0.494 e. The van der Waals surface area contributed by atoms with Gasteiger partial charge in [0, 0.05) is 18.3 Å². The van der Waals surface area contributed by atoms with Crippen LogP contribution in [0.4, 0.5) is 0 Å². The second kappa shape index (κ2) is 8.12. The molecule has 0 bridgehead atoms. The lowest BCUT2D eigenvalue weighted by atomic mass is 10.2. The average Bonchev–Trinajstić information content (AvgIpc) is 2.35. The zero-order chi connectivity index (χ0) is 12.5. The maximum atomic E-state index is 11.3. The summed E-state index contributed by atoms with van der Waals surface area (Å²) < 4.78 is 5.53. The first-order valence-corrected chi connectivity index (χ1v) is 6.92. The fourth-order valence-electron chi connectivity index (χ4n) is 1.34. The molecule has 1 rings (SSSR count). The number of halogens is 1. The van der Waals surface area contributed by atoms with E-state index in [0.29, 0.717) is 18.3 Å². The van der Waals surface area contributed by atoms with Crippen LogP contribution >= 0.6 is 15.9 Å². The summed E-state index contributed by atoms with van der Waals surface area (Å²) in [4.78, 5) is 11.3. The van der Waals surface area contributed by atoms with Crippen LogP contribution in [0.2, 0.25) is 0 Å². The molecule has 3 nitrogen and oxygen atoms in total. The molecule has 0 aliphatic carbocycles. The number of carbonyl (C=O) groups is 1. The van der Waals surface area contributed by atoms with Gasteiger partial charge in [-0.05, 0) is 24.1 Å². The Hall–Kier alpha value is -1.03. The number of hydrogen-bond acceptors (Lipinski definition) is 2. The zero-order valence-electron chi connectivity index (χ0n) is 10.0. The molecule has 0 atom stereocenters. The molecule has 94 valence electrons. The van der Waals surface area contributed by atoms with E-state index in [9.17, 15) is 4.79 Å². The Bertz CT molecular complexity index is 355. The highest BCUT2D eigenvalue weighted by molar-refractivity contribution is 9.09. The van der Waals surface area contributed by atoms with Crippen molar-refractivity contribution in [3.63, 3.8) is 0 Å². The third-order valence-corrected chi connectivity index (χ3v) is 2.58. The van der Waals surface area contributed by atoms with Crippen LogP contribution in [-0.2, 0) is 11.3 Å². The Morgan fingerprint density at radius 3 is 3.00 bits per heavy atom. The Kier molecular flexibility index (Phi) is 6.70. The van der Waals surface area contributed by atoms with Crippen LogP contribution in [0.3, 0.4) is 0 Å². The van der Waals surface area contributed by atoms with Crippen LogP contribution in [-0.4, -0.2) is 17.8 Å². The summed E-state index contributed by atoms with van der Waals surface area (Å²) in [5, 5.41) is 3.55. The van der Waals surface area contributed by atoms with E-state index in [1.807, 2.05) is 24.3 Å². The molecule has 0 radical (unpaired) electrons. The van der Waals surface area contributed by atoms with Crippen molar-refractivity contribution in [1.29, 1.82) is 0 Å². The van der Waals surface area contributed by atoms with Crippen molar-refractivity contribution in [2.75, 3.05) is 11.9 Å². The number of rotatable bonds is 7. The number of benzene rings is 1. The molecule has 0 saturated carbocycles. The van der Waals surface area contributed by atoms with Gasteiger partial charge in [0.2, 0.25) is 5.91 Å². The van der Waals surface area contributed by atoms with Crippen molar-refractivity contribution >= 4 is 21.8 Å². The standard InChI is InChI=1S/C13H18BrNO2/c1-2-8-17-12-5-3-4-11(9-12)10-15-13(16)6-7-14/h3-5,9H,2,6-8,10H2,1H3,(H,15,16). The molecule has 1 N–H and O–H groups in total. The molecule has 0 aliphatic rings. The van der Waals surface area contributed by atoms with E-state index < -0.39 is 0 Å². The van der Waals surface area contributed by atoms with Gasteiger partial charge in [0.25, 0.3) is 0 Å². The molecule has 1 amide bonds. The number of hydrogen-bond donors (Lipinski definition) is 1. The predicted molar refractivity (Wildman–Crippen MR) is 72.5 cm³/mol. The highest BCUT2D eigenvalue weighted by Gasteiger charge is 2.01. The molecule has 0 spiro atoms. The highest BCUT2D eigenvalue weighted by Crippen LogP contribution is 2.13. The fourth-order valence-corrected chi connectivity index (χ4v) is 1.70. The van der Waals surface area contributed by atoms with Crippen molar-refractivity contribution in [3.05, 3.63) is 29.8 Å². The van der Waals surface area contributed by atoms with Gasteiger partial charge in [0.05, 0.1) is 6.61 Å². The molecular weight excluding hydrogens is 282 g/mol. The van der Waals surface area contributed by atoms with Crippen LogP contribution in [0, 0.1) is 0 Å². The number of alkyl halides is 1. The van der Waals surface area contributed by atoms with Crippen LogP contribution in [0.25, 0.3) is 0 Å². The minimum atomic E-state index is 0.0572. The lowest BCUT2D eigenvalue weighted by Crippen LogP contribution is -2.22. The number of carbonyl (C=O) groups excluding carboxylic acids is 1. The summed E-state index contributed by atoms with van der Waals surface area (Å²) in [5.41, 5.74) is 1.06. The molecule has 0 aliphatic heterocycles. The average molecular weight is 300 g/mol. The molecule has 1 aromatic carbocycles. The van der Waals surface area contributed by atoms with Gasteiger partial charge >= 0.3 is 0 Å². The largest absolute Gasteiger partial charge is 0.494 e. The Labute approximate surface area is 111 Å². The second-order valence-corrected chi connectivity index (χ2v) is 4.50. The van der Waals surface area contributed by atoms with E-state index in [1.54, 1.807) is 0 Å². The number of nitrogens with one attached hydrogen (secondary N) is 1. The lowest BCUT2D eigenvalue weighted by Gasteiger charge is -2.08. The Morgan fingerprint density at radius 2 is 2.29 bits per heavy atom. The van der Waals surface area contributed by atoms with Crippen LogP contribution in [0.1, 0.15) is 25.3 Å². The van der Waals surface area contributed by atoms with Crippen molar-refractivity contribution < 1.29 is 9.53 Å². The predicted octanol–water partition coefficient (Wildman–Crippen LogP) is 2.88. The summed E-state index contributed by atoms with van der Waals surface area (Å²) in [7, 11) is 0. The zero-order valence-corrected chi connectivity index (χ0v) is 11.6. The lowest BCUT2D eigenvalue weighted by molar-refractivity contribution is -0.120. The van der Waals surface area contributed by atoms with Crippen molar-refractivity contribution in [2.45, 2.75) is 26.3 Å². The molecular formula is C13H18BrNO2. The maximum Gasteiger partial charge on any atom is 0.221 e. The smallest absolute Gasteiger partial charge is 0.221 e. The minimum absolute atomic E-state index is 0.0572. The van der Waals surface area contributed by atoms with Gasteiger partial charge in [-0.2, -0.15) is 0 Å². The van der Waals surface area contributed by atoms with Crippen LogP contribution < -0.4 is 10.1 Å². The number of amides is 1. The maximum absolute atomic E-state index is 11.3. The van der Waals surface area contributed by atoms with Crippen molar-refractivity contribution in [1.82, 2.24) is 5.32 Å². The van der Waals surface area contributed by atoms with Crippen molar-refractivity contribution in [2.24, 2.45) is 0 Å². The van der Waals surface area contributed by atoms with Crippen LogP contribution in [0.5, 0.6) is 5.75 Å². The van der Waals surface area contributed by atoms with Gasteiger partial charge in [-0.1, -0.05) is 35.0 Å². The third-order valence-electron chi connectivity index (χ3n) is 2.18. The normalized spacial score (nSPS) is 10.0. The molecule has 4 heteroatoms. The Morgan fingerprint density at radius 1 is 1.47 bits per heavy atom. The fraction of sp³-hybridized carbons (Fsp3) is 0.462. The molecule has 0 aromatic heterocycles.